The second-order valence-electron chi connectivity index (χ2n) is 4.70. The quantitative estimate of drug-likeness (QED) is 0.766. The summed E-state index contributed by atoms with van der Waals surface area (Å²) < 4.78 is 47.9. The Morgan fingerprint density at radius 1 is 1.12 bits per heavy atom. The number of benzene rings is 2. The second-order valence-corrected chi connectivity index (χ2v) is 5.55. The molecule has 0 saturated carbocycles. The van der Waals surface area contributed by atoms with Crippen molar-refractivity contribution in [3.8, 4) is 11.5 Å². The van der Waals surface area contributed by atoms with Crippen LogP contribution >= 0.6 is 15.9 Å². The molecule has 0 fully saturated rings. The highest BCUT2D eigenvalue weighted by Crippen LogP contribution is 2.28. The first-order valence-corrected chi connectivity index (χ1v) is 7.62. The fourth-order valence-corrected chi connectivity index (χ4v) is 2.26. The standard InChI is InChI=1S/C16H13BrF3NO3/c1-9(23-13-7-6-10(18)8-11(13)17)15(22)21-12-4-2-3-5-14(12)24-16(19)20/h2-9,16H,1H3,(H,21,22)/t9-/m0/s1. The molecule has 0 spiro atoms. The number of hydrogen-bond donors (Lipinski definition) is 1. The topological polar surface area (TPSA) is 47.6 Å². The van der Waals surface area contributed by atoms with Gasteiger partial charge in [-0.3, -0.25) is 4.79 Å². The molecule has 8 heteroatoms. The van der Waals surface area contributed by atoms with Gasteiger partial charge in [0.05, 0.1) is 10.2 Å². The Balaban J connectivity index is 2.06. The molecule has 0 bridgehead atoms. The third-order valence-corrected chi connectivity index (χ3v) is 3.55. The van der Waals surface area contributed by atoms with Gasteiger partial charge in [-0.15, -0.1) is 0 Å². The molecule has 2 rings (SSSR count). The number of para-hydroxylation sites is 2. The number of halogens is 4. The number of amides is 1. The van der Waals surface area contributed by atoms with E-state index in [1.165, 1.54) is 43.3 Å². The summed E-state index contributed by atoms with van der Waals surface area (Å²) in [6.07, 6.45) is -0.952. The van der Waals surface area contributed by atoms with E-state index in [1.54, 1.807) is 6.07 Å². The minimum atomic E-state index is -3.01. The molecule has 1 atom stereocenters. The molecular formula is C16H13BrF3NO3. The SMILES string of the molecule is C[C@H](Oc1ccc(F)cc1Br)C(=O)Nc1ccccc1OC(F)F. The molecule has 0 aliphatic carbocycles. The molecule has 0 heterocycles. The molecule has 0 radical (unpaired) electrons. The molecule has 0 aromatic heterocycles. The minimum absolute atomic E-state index is 0.0939. The maximum atomic E-state index is 13.0. The Bertz CT molecular complexity index is 727. The Labute approximate surface area is 144 Å². The highest BCUT2D eigenvalue weighted by molar-refractivity contribution is 9.10. The number of carbonyl (C=O) groups excluding carboxylic acids is 1. The first kappa shape index (κ1) is 18.1. The highest BCUT2D eigenvalue weighted by Gasteiger charge is 2.19. The lowest BCUT2D eigenvalue weighted by Crippen LogP contribution is -2.30. The van der Waals surface area contributed by atoms with E-state index in [0.717, 1.165) is 0 Å². The average Bonchev–Trinajstić information content (AvgIpc) is 2.51. The van der Waals surface area contributed by atoms with Crippen LogP contribution in [0.2, 0.25) is 0 Å². The Kier molecular flexibility index (Phi) is 6.08. The van der Waals surface area contributed by atoms with Crippen molar-refractivity contribution in [3.05, 3.63) is 52.8 Å². The Hall–Kier alpha value is -2.22. The van der Waals surface area contributed by atoms with Gasteiger partial charge < -0.3 is 14.8 Å². The lowest BCUT2D eigenvalue weighted by molar-refractivity contribution is -0.122. The van der Waals surface area contributed by atoms with Crippen LogP contribution in [0.4, 0.5) is 18.9 Å². The van der Waals surface area contributed by atoms with E-state index in [0.29, 0.717) is 4.47 Å². The summed E-state index contributed by atoms with van der Waals surface area (Å²) in [5.41, 5.74) is 0.0939. The first-order valence-electron chi connectivity index (χ1n) is 6.83. The van der Waals surface area contributed by atoms with Crippen LogP contribution in [0, 0.1) is 5.82 Å². The van der Waals surface area contributed by atoms with Crippen LogP contribution in [0.15, 0.2) is 46.9 Å². The summed E-state index contributed by atoms with van der Waals surface area (Å²) in [5.74, 6) is -0.909. The number of alkyl halides is 2. The van der Waals surface area contributed by atoms with Gasteiger partial charge in [0.15, 0.2) is 6.10 Å². The van der Waals surface area contributed by atoms with E-state index in [1.807, 2.05) is 0 Å². The van der Waals surface area contributed by atoms with E-state index in [4.69, 9.17) is 4.74 Å². The number of rotatable bonds is 6. The zero-order valence-electron chi connectivity index (χ0n) is 12.4. The van der Waals surface area contributed by atoms with E-state index in [-0.39, 0.29) is 17.2 Å². The number of hydrogen-bond acceptors (Lipinski definition) is 3. The summed E-state index contributed by atoms with van der Waals surface area (Å²) in [5, 5.41) is 2.46. The van der Waals surface area contributed by atoms with Crippen molar-refractivity contribution in [2.45, 2.75) is 19.6 Å². The molecule has 2 aromatic rings. The van der Waals surface area contributed by atoms with Gasteiger partial charge in [-0.25, -0.2) is 4.39 Å². The first-order chi connectivity index (χ1) is 11.4. The maximum Gasteiger partial charge on any atom is 0.387 e. The normalized spacial score (nSPS) is 11.9. The minimum Gasteiger partial charge on any atom is -0.480 e. The van der Waals surface area contributed by atoms with Crippen LogP contribution in [0.1, 0.15) is 6.92 Å². The molecule has 0 aliphatic rings. The summed E-state index contributed by atoms with van der Waals surface area (Å²) in [6.45, 7) is -1.53. The lowest BCUT2D eigenvalue weighted by atomic mass is 10.2. The smallest absolute Gasteiger partial charge is 0.387 e. The van der Waals surface area contributed by atoms with Crippen molar-refractivity contribution in [1.82, 2.24) is 0 Å². The molecule has 1 amide bonds. The number of carbonyl (C=O) groups is 1. The van der Waals surface area contributed by atoms with Crippen LogP contribution in [0.3, 0.4) is 0 Å². The van der Waals surface area contributed by atoms with E-state index in [9.17, 15) is 18.0 Å². The predicted molar refractivity (Wildman–Crippen MR) is 85.9 cm³/mol. The van der Waals surface area contributed by atoms with Gasteiger partial charge in [0.25, 0.3) is 5.91 Å². The van der Waals surface area contributed by atoms with E-state index < -0.39 is 24.4 Å². The summed E-state index contributed by atoms with van der Waals surface area (Å²) in [7, 11) is 0. The number of anilines is 1. The third kappa shape index (κ3) is 4.89. The molecule has 0 saturated heterocycles. The fourth-order valence-electron chi connectivity index (χ4n) is 1.82. The maximum absolute atomic E-state index is 13.0. The summed E-state index contributed by atoms with van der Waals surface area (Å²) >= 11 is 3.13. The van der Waals surface area contributed by atoms with Gasteiger partial charge in [0.2, 0.25) is 0 Å². The Morgan fingerprint density at radius 2 is 1.83 bits per heavy atom. The molecule has 0 aliphatic heterocycles. The van der Waals surface area contributed by atoms with Crippen molar-refractivity contribution in [3.63, 3.8) is 0 Å². The van der Waals surface area contributed by atoms with Gasteiger partial charge >= 0.3 is 6.61 Å². The average molecular weight is 404 g/mol. The predicted octanol–water partition coefficient (Wildman–Crippen LogP) is 4.60. The third-order valence-electron chi connectivity index (χ3n) is 2.93. The van der Waals surface area contributed by atoms with Gasteiger partial charge in [0, 0.05) is 0 Å². The number of ether oxygens (including phenoxy) is 2. The van der Waals surface area contributed by atoms with Gasteiger partial charge in [-0.1, -0.05) is 12.1 Å². The molecule has 128 valence electrons. The van der Waals surface area contributed by atoms with Crippen LogP contribution in [-0.2, 0) is 4.79 Å². The molecule has 0 unspecified atom stereocenters. The largest absolute Gasteiger partial charge is 0.480 e. The molecule has 1 N–H and O–H groups in total. The van der Waals surface area contributed by atoms with Crippen LogP contribution in [0.5, 0.6) is 11.5 Å². The van der Waals surface area contributed by atoms with Crippen LogP contribution in [0.25, 0.3) is 0 Å². The second kappa shape index (κ2) is 8.05. The lowest BCUT2D eigenvalue weighted by Gasteiger charge is -2.17. The van der Waals surface area contributed by atoms with Crippen molar-refractivity contribution in [2.75, 3.05) is 5.32 Å². The number of nitrogens with one attached hydrogen (secondary N) is 1. The van der Waals surface area contributed by atoms with Crippen molar-refractivity contribution >= 4 is 27.5 Å². The summed E-state index contributed by atoms with van der Waals surface area (Å²) in [4.78, 5) is 12.2. The van der Waals surface area contributed by atoms with Gasteiger partial charge in [0.1, 0.15) is 17.3 Å². The molecular weight excluding hydrogens is 391 g/mol. The van der Waals surface area contributed by atoms with Crippen molar-refractivity contribution in [2.24, 2.45) is 0 Å². The highest BCUT2D eigenvalue weighted by atomic mass is 79.9. The molecule has 4 nitrogen and oxygen atoms in total. The van der Waals surface area contributed by atoms with Crippen molar-refractivity contribution in [1.29, 1.82) is 0 Å². The van der Waals surface area contributed by atoms with E-state index >= 15 is 0 Å². The zero-order chi connectivity index (χ0) is 17.7. The molecule has 24 heavy (non-hydrogen) atoms. The zero-order valence-corrected chi connectivity index (χ0v) is 14.0. The van der Waals surface area contributed by atoms with Crippen LogP contribution < -0.4 is 14.8 Å². The monoisotopic (exact) mass is 403 g/mol. The summed E-state index contributed by atoms with van der Waals surface area (Å²) in [6, 6.07) is 9.57. The van der Waals surface area contributed by atoms with Crippen molar-refractivity contribution < 1.29 is 27.4 Å². The Morgan fingerprint density at radius 3 is 2.50 bits per heavy atom. The van der Waals surface area contributed by atoms with E-state index in [2.05, 4.69) is 26.0 Å². The molecule has 2 aromatic carbocycles. The van der Waals surface area contributed by atoms with Gasteiger partial charge in [-0.2, -0.15) is 8.78 Å². The fraction of sp³-hybridized carbons (Fsp3) is 0.188. The van der Waals surface area contributed by atoms with Crippen LogP contribution in [-0.4, -0.2) is 18.6 Å². The van der Waals surface area contributed by atoms with Gasteiger partial charge in [-0.05, 0) is 53.2 Å².